The first-order chi connectivity index (χ1) is 15.7. The molecule has 1 heterocycles. The monoisotopic (exact) mass is 470 g/mol. The Morgan fingerprint density at radius 1 is 1.09 bits per heavy atom. The van der Waals surface area contributed by atoms with Gasteiger partial charge in [0.05, 0.1) is 6.10 Å². The van der Waals surface area contributed by atoms with E-state index >= 15 is 0 Å². The maximum atomic E-state index is 13.8. The number of aliphatic hydroxyl groups excluding tert-OH is 1. The normalized spacial score (nSPS) is 51.5. The summed E-state index contributed by atoms with van der Waals surface area (Å²) in [5, 5.41) is 23.2. The molecular formula is C30H46O4. The lowest BCUT2D eigenvalue weighted by Crippen LogP contribution is -2.63. The van der Waals surface area contributed by atoms with Gasteiger partial charge in [-0.25, -0.2) is 0 Å². The van der Waals surface area contributed by atoms with Crippen molar-refractivity contribution in [2.75, 3.05) is 0 Å². The van der Waals surface area contributed by atoms with Gasteiger partial charge in [0.1, 0.15) is 11.0 Å². The van der Waals surface area contributed by atoms with E-state index in [9.17, 15) is 15.0 Å². The molecule has 0 radical (unpaired) electrons. The molecule has 0 amide bonds. The van der Waals surface area contributed by atoms with E-state index in [-0.39, 0.29) is 34.2 Å². The maximum absolute atomic E-state index is 13.8. The van der Waals surface area contributed by atoms with E-state index in [1.54, 1.807) is 0 Å². The van der Waals surface area contributed by atoms with E-state index in [1.165, 1.54) is 5.57 Å². The molecule has 4 aliphatic carbocycles. The molecule has 1 spiro atoms. The predicted molar refractivity (Wildman–Crippen MR) is 134 cm³/mol. The second-order valence-electron chi connectivity index (χ2n) is 14.1. The fourth-order valence-electron chi connectivity index (χ4n) is 9.73. The lowest BCUT2D eigenvalue weighted by atomic mass is 9.40. The third kappa shape index (κ3) is 2.65. The highest BCUT2D eigenvalue weighted by Crippen LogP contribution is 2.76. The first kappa shape index (κ1) is 24.6. The Morgan fingerprint density at radius 3 is 2.47 bits per heavy atom. The molecule has 34 heavy (non-hydrogen) atoms. The van der Waals surface area contributed by atoms with Crippen LogP contribution >= 0.6 is 0 Å². The number of fused-ring (bicyclic) bond motifs is 4. The summed E-state index contributed by atoms with van der Waals surface area (Å²) in [7, 11) is 0. The molecule has 4 fully saturated rings. The molecule has 4 heteroatoms. The van der Waals surface area contributed by atoms with Crippen molar-refractivity contribution in [1.82, 2.24) is 0 Å². The summed E-state index contributed by atoms with van der Waals surface area (Å²) < 4.78 is 6.15. The summed E-state index contributed by atoms with van der Waals surface area (Å²) in [6, 6.07) is 0. The Kier molecular flexibility index (Phi) is 5.21. The third-order valence-electron chi connectivity index (χ3n) is 11.8. The molecule has 2 N–H and O–H groups in total. The van der Waals surface area contributed by atoms with Crippen molar-refractivity contribution in [3.05, 3.63) is 23.8 Å². The van der Waals surface area contributed by atoms with Gasteiger partial charge in [0.15, 0.2) is 5.60 Å². The largest absolute Gasteiger partial charge is 0.451 e. The summed E-state index contributed by atoms with van der Waals surface area (Å²) in [4.78, 5) is 13.8. The molecule has 8 unspecified atom stereocenters. The van der Waals surface area contributed by atoms with Crippen LogP contribution in [0.15, 0.2) is 23.8 Å². The fraction of sp³-hybridized carbons (Fsp3) is 0.833. The third-order valence-corrected chi connectivity index (χ3v) is 11.8. The average Bonchev–Trinajstić information content (AvgIpc) is 3.09. The van der Waals surface area contributed by atoms with Crippen molar-refractivity contribution in [1.29, 1.82) is 0 Å². The van der Waals surface area contributed by atoms with Gasteiger partial charge in [-0.05, 0) is 98.4 Å². The zero-order chi connectivity index (χ0) is 24.9. The Balaban J connectivity index is 1.58. The zero-order valence-electron chi connectivity index (χ0n) is 22.4. The Bertz CT molecular complexity index is 947. The first-order valence-corrected chi connectivity index (χ1v) is 13.7. The van der Waals surface area contributed by atoms with Crippen molar-refractivity contribution >= 4 is 5.97 Å². The van der Waals surface area contributed by atoms with Crippen LogP contribution in [0.5, 0.6) is 0 Å². The molecule has 1 aliphatic heterocycles. The number of esters is 1. The fourth-order valence-corrected chi connectivity index (χ4v) is 9.73. The van der Waals surface area contributed by atoms with Gasteiger partial charge in [0, 0.05) is 0 Å². The molecule has 190 valence electrons. The van der Waals surface area contributed by atoms with Crippen LogP contribution in [0.3, 0.4) is 0 Å². The van der Waals surface area contributed by atoms with Crippen molar-refractivity contribution in [2.24, 2.45) is 39.4 Å². The highest BCUT2D eigenvalue weighted by molar-refractivity contribution is 5.86. The minimum atomic E-state index is -1.19. The van der Waals surface area contributed by atoms with Gasteiger partial charge in [0.25, 0.3) is 0 Å². The van der Waals surface area contributed by atoms with Crippen LogP contribution in [0, 0.1) is 39.4 Å². The van der Waals surface area contributed by atoms with Crippen LogP contribution in [-0.4, -0.2) is 33.5 Å². The SMILES string of the molecule is CC(C)CC=CC1(C)OC(=O)C23CC=C4C(CCC5C4(C)CCC(O)C5(C)C)C2(C)CCC13O. The topological polar surface area (TPSA) is 66.8 Å². The summed E-state index contributed by atoms with van der Waals surface area (Å²) in [5.74, 6) is 1.03. The van der Waals surface area contributed by atoms with E-state index in [0.717, 1.165) is 38.5 Å². The standard InChI is InChI=1S/C30H46O4/c1-19(2)9-8-14-28(7)30(33)18-17-27(6)21-10-11-22-25(3,4)23(31)13-15-26(22,5)20(21)12-16-29(27,30)24(32)34-28/h8,12,14,19,21-23,31,33H,9-11,13,15-18H2,1-7H3. The van der Waals surface area contributed by atoms with Gasteiger partial charge in [0.2, 0.25) is 0 Å². The summed E-state index contributed by atoms with van der Waals surface area (Å²) in [6.07, 6.45) is 13.0. The first-order valence-electron chi connectivity index (χ1n) is 13.7. The number of aliphatic hydroxyl groups is 2. The molecule has 5 rings (SSSR count). The Labute approximate surface area is 206 Å². The van der Waals surface area contributed by atoms with Gasteiger partial charge < -0.3 is 14.9 Å². The molecule has 4 nitrogen and oxygen atoms in total. The smallest absolute Gasteiger partial charge is 0.317 e. The van der Waals surface area contributed by atoms with Crippen LogP contribution in [0.25, 0.3) is 0 Å². The number of hydrogen-bond donors (Lipinski definition) is 2. The van der Waals surface area contributed by atoms with Crippen LogP contribution < -0.4 is 0 Å². The van der Waals surface area contributed by atoms with Crippen LogP contribution in [-0.2, 0) is 9.53 Å². The van der Waals surface area contributed by atoms with Crippen LogP contribution in [0.2, 0.25) is 0 Å². The molecule has 3 saturated carbocycles. The van der Waals surface area contributed by atoms with E-state index in [1.807, 2.05) is 13.0 Å². The van der Waals surface area contributed by atoms with E-state index in [2.05, 4.69) is 53.7 Å². The lowest BCUT2D eigenvalue weighted by Gasteiger charge is -2.63. The highest BCUT2D eigenvalue weighted by Gasteiger charge is 2.82. The molecule has 0 aromatic carbocycles. The highest BCUT2D eigenvalue weighted by atomic mass is 16.6. The molecule has 0 bridgehead atoms. The van der Waals surface area contributed by atoms with Gasteiger partial charge in [-0.3, -0.25) is 4.79 Å². The predicted octanol–water partition coefficient (Wildman–Crippen LogP) is 5.97. The van der Waals surface area contributed by atoms with Gasteiger partial charge in [-0.15, -0.1) is 0 Å². The molecule has 5 aliphatic rings. The minimum Gasteiger partial charge on any atom is -0.451 e. The molecule has 8 atom stereocenters. The maximum Gasteiger partial charge on any atom is 0.317 e. The number of ether oxygens (including phenoxy) is 1. The van der Waals surface area contributed by atoms with Crippen molar-refractivity contribution in [3.8, 4) is 0 Å². The summed E-state index contributed by atoms with van der Waals surface area (Å²) in [5.41, 5.74) is -1.96. The van der Waals surface area contributed by atoms with E-state index in [4.69, 9.17) is 4.74 Å². The number of rotatable bonds is 3. The number of carbonyl (C=O) groups is 1. The molecule has 0 aromatic heterocycles. The van der Waals surface area contributed by atoms with Gasteiger partial charge in [-0.2, -0.15) is 0 Å². The van der Waals surface area contributed by atoms with Crippen LogP contribution in [0.4, 0.5) is 0 Å². The summed E-state index contributed by atoms with van der Waals surface area (Å²) >= 11 is 0. The molecular weight excluding hydrogens is 424 g/mol. The van der Waals surface area contributed by atoms with Gasteiger partial charge >= 0.3 is 5.97 Å². The second kappa shape index (κ2) is 7.22. The quantitative estimate of drug-likeness (QED) is 0.394. The number of cyclic esters (lactones) is 1. The van der Waals surface area contributed by atoms with Crippen molar-refractivity contribution in [3.63, 3.8) is 0 Å². The average molecular weight is 471 g/mol. The van der Waals surface area contributed by atoms with Crippen molar-refractivity contribution < 1.29 is 19.7 Å². The van der Waals surface area contributed by atoms with Gasteiger partial charge in [-0.1, -0.05) is 59.3 Å². The van der Waals surface area contributed by atoms with E-state index in [0.29, 0.717) is 24.7 Å². The van der Waals surface area contributed by atoms with Crippen molar-refractivity contribution in [2.45, 2.75) is 117 Å². The number of allylic oxidation sites excluding steroid dienone is 3. The lowest BCUT2D eigenvalue weighted by molar-refractivity contribution is -0.164. The minimum absolute atomic E-state index is 0.0416. The van der Waals surface area contributed by atoms with E-state index < -0.39 is 16.6 Å². The number of carbonyl (C=O) groups excluding carboxylic acids is 1. The second-order valence-corrected chi connectivity index (χ2v) is 14.1. The van der Waals surface area contributed by atoms with Crippen LogP contribution in [0.1, 0.15) is 99.8 Å². The Hall–Kier alpha value is -1.13. The number of hydrogen-bond acceptors (Lipinski definition) is 4. The summed E-state index contributed by atoms with van der Waals surface area (Å²) in [6.45, 7) is 15.4. The Morgan fingerprint density at radius 2 is 1.79 bits per heavy atom. The molecule has 1 saturated heterocycles. The zero-order valence-corrected chi connectivity index (χ0v) is 22.4. The molecule has 0 aromatic rings.